The number of methoxy groups -OCH3 is 3. The van der Waals surface area contributed by atoms with Gasteiger partial charge in [0, 0.05) is 5.56 Å². The summed E-state index contributed by atoms with van der Waals surface area (Å²) >= 11 is 9.24. The van der Waals surface area contributed by atoms with Crippen molar-refractivity contribution in [3.8, 4) is 17.2 Å². The van der Waals surface area contributed by atoms with Crippen molar-refractivity contribution in [2.45, 2.75) is 0 Å². The van der Waals surface area contributed by atoms with Crippen molar-refractivity contribution in [3.63, 3.8) is 0 Å². The van der Waals surface area contributed by atoms with Crippen molar-refractivity contribution in [1.82, 2.24) is 10.9 Å². The molecule has 2 N–H and O–H groups in total. The van der Waals surface area contributed by atoms with Gasteiger partial charge in [-0.1, -0.05) is 0 Å². The van der Waals surface area contributed by atoms with E-state index in [-0.39, 0.29) is 55.7 Å². The molecule has 0 heterocycles. The molecule has 0 fully saturated rings. The molecule has 0 aliphatic heterocycles. The molecule has 20 heavy (non-hydrogen) atoms. The molecule has 9 heteroatoms. The van der Waals surface area contributed by atoms with Crippen LogP contribution in [-0.4, -0.2) is 31.6 Å². The van der Waals surface area contributed by atoms with E-state index < -0.39 is 5.91 Å². The molecule has 0 unspecified atom stereocenters. The van der Waals surface area contributed by atoms with Gasteiger partial charge >= 0.3 is 51.4 Å². The van der Waals surface area contributed by atoms with Crippen molar-refractivity contribution in [2.75, 3.05) is 21.3 Å². The van der Waals surface area contributed by atoms with Crippen LogP contribution in [0.3, 0.4) is 0 Å². The fraction of sp³-hybridized carbons (Fsp3) is 0.273. The number of rotatable bonds is 4. The molecule has 1 aromatic rings. The quantitative estimate of drug-likeness (QED) is 0.279. The number of hydrogen-bond donors (Lipinski definition) is 2. The van der Waals surface area contributed by atoms with E-state index in [1.165, 1.54) is 33.5 Å². The Morgan fingerprint density at radius 2 is 1.60 bits per heavy atom. The Morgan fingerprint density at radius 1 is 1.10 bits per heavy atom. The number of ether oxygens (including phenoxy) is 3. The fourth-order valence-electron chi connectivity index (χ4n) is 1.39. The first kappa shape index (κ1) is 19.8. The van der Waals surface area contributed by atoms with Crippen LogP contribution in [0, 0.1) is 0 Å². The van der Waals surface area contributed by atoms with Crippen LogP contribution >= 0.6 is 12.2 Å². The molecule has 0 saturated carbocycles. The Hall–Kier alpha value is -0.164. The standard InChI is InChI=1S/C11H14N2O4S2.K/c1-15-7-4-6(10(14)12-13-11(18)19)5-8(16-2)9(7)17-3;/h4-5H,1-3H3,(H,12,14)(H2,13,18,19);/q;+1/p-1. The Labute approximate surface area is 170 Å². The summed E-state index contributed by atoms with van der Waals surface area (Å²) in [6.45, 7) is 0. The first-order valence-corrected chi connectivity index (χ1v) is 5.92. The van der Waals surface area contributed by atoms with Gasteiger partial charge in [0.15, 0.2) is 11.5 Å². The van der Waals surface area contributed by atoms with Crippen LogP contribution in [0.15, 0.2) is 12.1 Å². The third kappa shape index (κ3) is 5.32. The van der Waals surface area contributed by atoms with E-state index in [4.69, 9.17) is 14.2 Å². The van der Waals surface area contributed by atoms with Gasteiger partial charge in [-0.2, -0.15) is 0 Å². The van der Waals surface area contributed by atoms with E-state index in [0.717, 1.165) is 0 Å². The molecule has 1 rings (SSSR count). The van der Waals surface area contributed by atoms with Crippen molar-refractivity contribution in [2.24, 2.45) is 0 Å². The number of carbonyl (C=O) groups is 1. The molecule has 0 aliphatic carbocycles. The molecule has 0 spiro atoms. The predicted molar refractivity (Wildman–Crippen MR) is 76.7 cm³/mol. The molecular formula is C11H13KN2O4S2. The number of nitrogens with one attached hydrogen (secondary N) is 2. The summed E-state index contributed by atoms with van der Waals surface area (Å²) in [5, 5.41) is 0. The number of benzene rings is 1. The summed E-state index contributed by atoms with van der Waals surface area (Å²) in [6, 6.07) is 3.04. The second kappa shape index (κ2) is 9.71. The van der Waals surface area contributed by atoms with Crippen LogP contribution in [0.2, 0.25) is 0 Å². The third-order valence-electron chi connectivity index (χ3n) is 2.21. The minimum Gasteiger partial charge on any atom is -0.493 e. The van der Waals surface area contributed by atoms with E-state index in [2.05, 4.69) is 35.7 Å². The van der Waals surface area contributed by atoms with Crippen LogP contribution < -0.4 is 76.4 Å². The average Bonchev–Trinajstić information content (AvgIpc) is 2.42. The van der Waals surface area contributed by atoms with Crippen LogP contribution in [0.5, 0.6) is 17.2 Å². The van der Waals surface area contributed by atoms with E-state index in [0.29, 0.717) is 22.8 Å². The normalized spacial score (nSPS) is 8.95. The van der Waals surface area contributed by atoms with E-state index in [1.807, 2.05) is 0 Å². The zero-order valence-corrected chi connectivity index (χ0v) is 16.4. The Kier molecular flexibility index (Phi) is 9.64. The minimum atomic E-state index is -0.425. The molecular weight excluding hydrogens is 327 g/mol. The van der Waals surface area contributed by atoms with Crippen LogP contribution in [0.4, 0.5) is 0 Å². The SMILES string of the molecule is COc1cc(C(=O)NNC(=S)[S-])cc(OC)c1OC.[K+]. The molecule has 0 radical (unpaired) electrons. The smallest absolute Gasteiger partial charge is 0.493 e. The number of carbonyl (C=O) groups excluding carboxylic acids is 1. The van der Waals surface area contributed by atoms with Gasteiger partial charge < -0.3 is 44.5 Å². The average molecular weight is 340 g/mol. The molecule has 104 valence electrons. The van der Waals surface area contributed by atoms with Crippen LogP contribution in [0.1, 0.15) is 10.4 Å². The molecule has 0 saturated heterocycles. The van der Waals surface area contributed by atoms with Gasteiger partial charge in [0.1, 0.15) is 0 Å². The molecule has 1 aromatic carbocycles. The number of hydrazine groups is 1. The maximum atomic E-state index is 11.9. The summed E-state index contributed by atoms with van der Waals surface area (Å²) in [7, 11) is 4.42. The van der Waals surface area contributed by atoms with Gasteiger partial charge in [0.2, 0.25) is 5.75 Å². The number of amides is 1. The Balaban J connectivity index is 0.00000361. The Bertz CT molecular complexity index is 474. The molecule has 0 aliphatic rings. The summed E-state index contributed by atoms with van der Waals surface area (Å²) in [5.41, 5.74) is 5.05. The summed E-state index contributed by atoms with van der Waals surface area (Å²) < 4.78 is 15.5. The molecule has 0 bridgehead atoms. The van der Waals surface area contributed by atoms with Gasteiger partial charge in [0.25, 0.3) is 5.91 Å². The van der Waals surface area contributed by atoms with Crippen LogP contribution in [0.25, 0.3) is 0 Å². The zero-order chi connectivity index (χ0) is 14.4. The van der Waals surface area contributed by atoms with E-state index in [9.17, 15) is 4.79 Å². The molecule has 0 aromatic heterocycles. The third-order valence-corrected chi connectivity index (χ3v) is 2.41. The first-order chi connectivity index (χ1) is 9.03. The Morgan fingerprint density at radius 3 is 1.95 bits per heavy atom. The van der Waals surface area contributed by atoms with E-state index >= 15 is 0 Å². The topological polar surface area (TPSA) is 68.8 Å². The maximum Gasteiger partial charge on any atom is 1.00 e. The molecule has 0 atom stereocenters. The summed E-state index contributed by atoms with van der Waals surface area (Å²) in [6.07, 6.45) is 0. The summed E-state index contributed by atoms with van der Waals surface area (Å²) in [4.78, 5) is 11.9. The molecule has 1 amide bonds. The zero-order valence-electron chi connectivity index (χ0n) is 11.6. The van der Waals surface area contributed by atoms with Crippen molar-refractivity contribution < 1.29 is 70.4 Å². The first-order valence-electron chi connectivity index (χ1n) is 5.10. The summed E-state index contributed by atoms with van der Waals surface area (Å²) in [5.74, 6) is 0.751. The largest absolute Gasteiger partial charge is 1.00 e. The minimum absolute atomic E-state index is 0. The predicted octanol–water partition coefficient (Wildman–Crippen LogP) is -2.22. The van der Waals surface area contributed by atoms with Gasteiger partial charge in [-0.15, -0.1) is 0 Å². The second-order valence-electron chi connectivity index (χ2n) is 3.28. The van der Waals surface area contributed by atoms with Gasteiger partial charge in [-0.05, 0) is 16.5 Å². The van der Waals surface area contributed by atoms with Gasteiger partial charge in [-0.25, -0.2) is 0 Å². The van der Waals surface area contributed by atoms with Gasteiger partial charge in [0.05, 0.1) is 21.3 Å². The second-order valence-corrected chi connectivity index (χ2v) is 4.36. The number of hydrogen-bond acceptors (Lipinski definition) is 6. The van der Waals surface area contributed by atoms with Crippen molar-refractivity contribution in [3.05, 3.63) is 17.7 Å². The van der Waals surface area contributed by atoms with Crippen molar-refractivity contribution >= 4 is 35.1 Å². The number of thiocarbonyl (C=S) groups is 1. The molecule has 6 nitrogen and oxygen atoms in total. The fourth-order valence-corrected chi connectivity index (χ4v) is 1.49. The monoisotopic (exact) mass is 340 g/mol. The van der Waals surface area contributed by atoms with Crippen LogP contribution in [-0.2, 0) is 12.6 Å². The van der Waals surface area contributed by atoms with E-state index in [1.54, 1.807) is 0 Å². The van der Waals surface area contributed by atoms with Crippen molar-refractivity contribution in [1.29, 1.82) is 0 Å². The maximum absolute atomic E-state index is 11.9. The van der Waals surface area contributed by atoms with Gasteiger partial charge in [-0.3, -0.25) is 10.2 Å².